The molecule has 1 N–H and O–H groups in total. The summed E-state index contributed by atoms with van der Waals surface area (Å²) in [4.78, 5) is 31.1. The summed E-state index contributed by atoms with van der Waals surface area (Å²) >= 11 is 0. The third kappa shape index (κ3) is 6.40. The van der Waals surface area contributed by atoms with Crippen molar-refractivity contribution in [2.75, 3.05) is 46.3 Å². The summed E-state index contributed by atoms with van der Waals surface area (Å²) in [5, 5.41) is 2.98. The molecule has 0 aliphatic carbocycles. The van der Waals surface area contributed by atoms with Crippen molar-refractivity contribution in [2.24, 2.45) is 0 Å². The van der Waals surface area contributed by atoms with Crippen LogP contribution in [0.2, 0.25) is 0 Å². The van der Waals surface area contributed by atoms with Gasteiger partial charge in [-0.25, -0.2) is 0 Å². The fraction of sp³-hybridized carbons (Fsp3) is 0.417. The SMILES string of the molecule is CC(c1ccccc1)N(C)C(=O)CN1CCN(CC(=O)NCc2ccccc2)CC1. The molecule has 1 aliphatic heterocycles. The molecule has 2 aromatic carbocycles. The number of amides is 2. The molecule has 2 aromatic rings. The van der Waals surface area contributed by atoms with Crippen molar-refractivity contribution < 1.29 is 9.59 Å². The summed E-state index contributed by atoms with van der Waals surface area (Å²) in [5.74, 6) is 0.167. The Morgan fingerprint density at radius 1 is 0.900 bits per heavy atom. The highest BCUT2D eigenvalue weighted by molar-refractivity contribution is 5.79. The maximum atomic E-state index is 12.7. The molecule has 160 valence electrons. The van der Waals surface area contributed by atoms with Gasteiger partial charge in [0.1, 0.15) is 0 Å². The van der Waals surface area contributed by atoms with E-state index in [-0.39, 0.29) is 17.9 Å². The van der Waals surface area contributed by atoms with Crippen molar-refractivity contribution in [3.63, 3.8) is 0 Å². The Bertz CT molecular complexity index is 804. The van der Waals surface area contributed by atoms with Gasteiger partial charge in [0.25, 0.3) is 0 Å². The van der Waals surface area contributed by atoms with Crippen molar-refractivity contribution in [1.82, 2.24) is 20.0 Å². The second-order valence-corrected chi connectivity index (χ2v) is 7.91. The zero-order valence-corrected chi connectivity index (χ0v) is 18.0. The zero-order chi connectivity index (χ0) is 21.3. The van der Waals surface area contributed by atoms with Crippen LogP contribution in [0.5, 0.6) is 0 Å². The molecule has 6 nitrogen and oxygen atoms in total. The van der Waals surface area contributed by atoms with Crippen molar-refractivity contribution in [2.45, 2.75) is 19.5 Å². The molecule has 0 aromatic heterocycles. The minimum absolute atomic E-state index is 0.0415. The summed E-state index contributed by atoms with van der Waals surface area (Å²) in [6, 6.07) is 20.1. The van der Waals surface area contributed by atoms with Gasteiger partial charge in [0.15, 0.2) is 0 Å². The van der Waals surface area contributed by atoms with E-state index in [4.69, 9.17) is 0 Å². The standard InChI is InChI=1S/C24H32N4O2/c1-20(22-11-7-4-8-12-22)26(2)24(30)19-28-15-13-27(14-16-28)18-23(29)25-17-21-9-5-3-6-10-21/h3-12,20H,13-19H2,1-2H3,(H,25,29). The Morgan fingerprint density at radius 2 is 1.43 bits per heavy atom. The van der Waals surface area contributed by atoms with Crippen LogP contribution < -0.4 is 5.32 Å². The van der Waals surface area contributed by atoms with Crippen LogP contribution in [-0.2, 0) is 16.1 Å². The van der Waals surface area contributed by atoms with Crippen LogP contribution in [0.15, 0.2) is 60.7 Å². The fourth-order valence-electron chi connectivity index (χ4n) is 3.63. The van der Waals surface area contributed by atoms with E-state index in [2.05, 4.69) is 34.2 Å². The number of likely N-dealkylation sites (N-methyl/N-ethyl adjacent to an activating group) is 1. The molecular formula is C24H32N4O2. The maximum Gasteiger partial charge on any atom is 0.236 e. The maximum absolute atomic E-state index is 12.7. The Labute approximate surface area is 179 Å². The van der Waals surface area contributed by atoms with Gasteiger partial charge in [0.05, 0.1) is 19.1 Å². The van der Waals surface area contributed by atoms with Gasteiger partial charge < -0.3 is 10.2 Å². The first kappa shape index (κ1) is 22.0. The lowest BCUT2D eigenvalue weighted by Crippen LogP contribution is -2.51. The molecule has 6 heteroatoms. The van der Waals surface area contributed by atoms with Gasteiger partial charge in [-0.3, -0.25) is 19.4 Å². The molecule has 0 spiro atoms. The number of hydrogen-bond donors (Lipinski definition) is 1. The predicted octanol–water partition coefficient (Wildman–Crippen LogP) is 2.14. The first-order valence-electron chi connectivity index (χ1n) is 10.6. The van der Waals surface area contributed by atoms with E-state index in [1.165, 1.54) is 0 Å². The quantitative estimate of drug-likeness (QED) is 0.727. The molecule has 0 radical (unpaired) electrons. The van der Waals surface area contributed by atoms with Gasteiger partial charge in [-0.05, 0) is 18.1 Å². The molecule has 1 unspecified atom stereocenters. The van der Waals surface area contributed by atoms with Gasteiger partial charge in [-0.2, -0.15) is 0 Å². The van der Waals surface area contributed by atoms with E-state index < -0.39 is 0 Å². The molecule has 0 saturated carbocycles. The van der Waals surface area contributed by atoms with Crippen molar-refractivity contribution >= 4 is 11.8 Å². The number of carbonyl (C=O) groups is 2. The molecule has 30 heavy (non-hydrogen) atoms. The molecular weight excluding hydrogens is 376 g/mol. The topological polar surface area (TPSA) is 55.9 Å². The second kappa shape index (κ2) is 10.9. The lowest BCUT2D eigenvalue weighted by molar-refractivity contribution is -0.134. The lowest BCUT2D eigenvalue weighted by Gasteiger charge is -2.35. The van der Waals surface area contributed by atoms with Crippen LogP contribution in [0, 0.1) is 0 Å². The Balaban J connectivity index is 1.37. The molecule has 1 aliphatic rings. The molecule has 1 atom stereocenters. The average molecular weight is 409 g/mol. The van der Waals surface area contributed by atoms with Crippen molar-refractivity contribution in [1.29, 1.82) is 0 Å². The average Bonchev–Trinajstić information content (AvgIpc) is 2.79. The summed E-state index contributed by atoms with van der Waals surface area (Å²) < 4.78 is 0. The van der Waals surface area contributed by atoms with E-state index in [1.807, 2.05) is 60.5 Å². The van der Waals surface area contributed by atoms with Crippen LogP contribution in [0.4, 0.5) is 0 Å². The number of carbonyl (C=O) groups excluding carboxylic acids is 2. The van der Waals surface area contributed by atoms with Crippen molar-refractivity contribution in [3.05, 3.63) is 71.8 Å². The highest BCUT2D eigenvalue weighted by Gasteiger charge is 2.23. The summed E-state index contributed by atoms with van der Waals surface area (Å²) in [6.07, 6.45) is 0. The van der Waals surface area contributed by atoms with Crippen LogP contribution in [-0.4, -0.2) is 72.8 Å². The minimum Gasteiger partial charge on any atom is -0.351 e. The molecule has 1 saturated heterocycles. The monoisotopic (exact) mass is 408 g/mol. The third-order valence-corrected chi connectivity index (χ3v) is 5.78. The second-order valence-electron chi connectivity index (χ2n) is 7.91. The Kier molecular flexibility index (Phi) is 7.99. The first-order valence-corrected chi connectivity index (χ1v) is 10.6. The number of piperazine rings is 1. The van der Waals surface area contributed by atoms with Crippen LogP contribution in [0.1, 0.15) is 24.1 Å². The summed E-state index contributed by atoms with van der Waals surface area (Å²) in [6.45, 7) is 6.62. The van der Waals surface area contributed by atoms with E-state index in [0.29, 0.717) is 19.6 Å². The number of benzene rings is 2. The highest BCUT2D eigenvalue weighted by atomic mass is 16.2. The van der Waals surface area contributed by atoms with Gasteiger partial charge in [0, 0.05) is 39.8 Å². The molecule has 3 rings (SSSR count). The minimum atomic E-state index is 0.0415. The van der Waals surface area contributed by atoms with E-state index in [9.17, 15) is 9.59 Å². The van der Waals surface area contributed by atoms with Crippen molar-refractivity contribution in [3.8, 4) is 0 Å². The molecule has 2 amide bonds. The third-order valence-electron chi connectivity index (χ3n) is 5.78. The number of hydrogen-bond acceptors (Lipinski definition) is 4. The highest BCUT2D eigenvalue weighted by Crippen LogP contribution is 2.18. The van der Waals surface area contributed by atoms with Crippen LogP contribution in [0.3, 0.4) is 0 Å². The number of rotatable bonds is 8. The van der Waals surface area contributed by atoms with Crippen LogP contribution in [0.25, 0.3) is 0 Å². The Morgan fingerprint density at radius 3 is 2.03 bits per heavy atom. The van der Waals surface area contributed by atoms with Gasteiger partial charge in [0.2, 0.25) is 11.8 Å². The molecule has 1 fully saturated rings. The Hall–Kier alpha value is -2.70. The summed E-state index contributed by atoms with van der Waals surface area (Å²) in [5.41, 5.74) is 2.24. The predicted molar refractivity (Wildman–Crippen MR) is 119 cm³/mol. The van der Waals surface area contributed by atoms with Crippen LogP contribution >= 0.6 is 0 Å². The number of nitrogens with one attached hydrogen (secondary N) is 1. The van der Waals surface area contributed by atoms with Gasteiger partial charge in [-0.15, -0.1) is 0 Å². The molecule has 0 bridgehead atoms. The lowest BCUT2D eigenvalue weighted by atomic mass is 10.1. The van der Waals surface area contributed by atoms with Gasteiger partial charge in [-0.1, -0.05) is 60.7 Å². The summed E-state index contributed by atoms with van der Waals surface area (Å²) in [7, 11) is 1.87. The first-order chi connectivity index (χ1) is 14.5. The largest absolute Gasteiger partial charge is 0.351 e. The van der Waals surface area contributed by atoms with Gasteiger partial charge >= 0.3 is 0 Å². The zero-order valence-electron chi connectivity index (χ0n) is 18.0. The molecule has 1 heterocycles. The number of nitrogens with zero attached hydrogens (tertiary/aromatic N) is 3. The van der Waals surface area contributed by atoms with E-state index in [0.717, 1.165) is 37.3 Å². The smallest absolute Gasteiger partial charge is 0.236 e. The fourth-order valence-corrected chi connectivity index (χ4v) is 3.63. The van der Waals surface area contributed by atoms with E-state index >= 15 is 0 Å². The van der Waals surface area contributed by atoms with E-state index in [1.54, 1.807) is 0 Å². The normalized spacial score (nSPS) is 16.1.